The Morgan fingerprint density at radius 2 is 2.00 bits per heavy atom. The zero-order chi connectivity index (χ0) is 9.42. The van der Waals surface area contributed by atoms with Crippen LogP contribution in [0.15, 0.2) is 23.0 Å². The van der Waals surface area contributed by atoms with Crippen LogP contribution in [0.1, 0.15) is 11.3 Å². The van der Waals surface area contributed by atoms with Crippen LogP contribution in [0.3, 0.4) is 0 Å². The van der Waals surface area contributed by atoms with Crippen molar-refractivity contribution in [3.05, 3.63) is 39.8 Å². The number of nitrogens with one attached hydrogen (secondary N) is 1. The standard InChI is InChI=1S/C10H10N2O/c1-6-3-4-8-7(2)11-12-10(13)9(8)5-6/h3-5H,1-2H3,(H,12,13). The molecule has 0 aliphatic carbocycles. The molecule has 0 bridgehead atoms. The highest BCUT2D eigenvalue weighted by molar-refractivity contribution is 5.83. The van der Waals surface area contributed by atoms with Gasteiger partial charge in [0.1, 0.15) is 0 Å². The molecule has 3 heteroatoms. The van der Waals surface area contributed by atoms with E-state index in [1.54, 1.807) is 0 Å². The van der Waals surface area contributed by atoms with Crippen molar-refractivity contribution in [3.8, 4) is 0 Å². The quantitative estimate of drug-likeness (QED) is 0.658. The van der Waals surface area contributed by atoms with Crippen molar-refractivity contribution >= 4 is 10.8 Å². The molecule has 1 aromatic carbocycles. The first-order chi connectivity index (χ1) is 6.18. The largest absolute Gasteiger partial charge is 0.272 e. The molecule has 3 nitrogen and oxygen atoms in total. The molecule has 0 saturated heterocycles. The Morgan fingerprint density at radius 1 is 1.23 bits per heavy atom. The van der Waals surface area contributed by atoms with Crippen LogP contribution in [-0.2, 0) is 0 Å². The summed E-state index contributed by atoms with van der Waals surface area (Å²) in [4.78, 5) is 11.4. The second-order valence-electron chi connectivity index (χ2n) is 3.19. The molecule has 1 aromatic heterocycles. The minimum atomic E-state index is -0.121. The molecule has 2 aromatic rings. The van der Waals surface area contributed by atoms with Crippen LogP contribution in [0.2, 0.25) is 0 Å². The summed E-state index contributed by atoms with van der Waals surface area (Å²) in [5.41, 5.74) is 1.82. The van der Waals surface area contributed by atoms with Crippen LogP contribution in [0.4, 0.5) is 0 Å². The van der Waals surface area contributed by atoms with E-state index in [4.69, 9.17) is 0 Å². The van der Waals surface area contributed by atoms with Crippen molar-refractivity contribution in [1.29, 1.82) is 0 Å². The summed E-state index contributed by atoms with van der Waals surface area (Å²) in [6, 6.07) is 5.79. The molecule has 13 heavy (non-hydrogen) atoms. The first kappa shape index (κ1) is 7.98. The van der Waals surface area contributed by atoms with E-state index in [1.165, 1.54) is 0 Å². The molecule has 0 atom stereocenters. The third kappa shape index (κ3) is 1.22. The maximum atomic E-state index is 11.4. The van der Waals surface area contributed by atoms with Crippen LogP contribution >= 0.6 is 0 Å². The minimum Gasteiger partial charge on any atom is -0.267 e. The highest BCUT2D eigenvalue weighted by Crippen LogP contribution is 2.13. The van der Waals surface area contributed by atoms with Crippen molar-refractivity contribution in [2.24, 2.45) is 0 Å². The summed E-state index contributed by atoms with van der Waals surface area (Å²) < 4.78 is 0. The normalized spacial score (nSPS) is 10.6. The number of benzene rings is 1. The van der Waals surface area contributed by atoms with E-state index < -0.39 is 0 Å². The Kier molecular flexibility index (Phi) is 1.65. The van der Waals surface area contributed by atoms with E-state index in [-0.39, 0.29) is 5.56 Å². The van der Waals surface area contributed by atoms with E-state index in [0.717, 1.165) is 16.6 Å². The van der Waals surface area contributed by atoms with Gasteiger partial charge in [-0.2, -0.15) is 5.10 Å². The summed E-state index contributed by atoms with van der Waals surface area (Å²) in [6.07, 6.45) is 0. The monoisotopic (exact) mass is 174 g/mol. The number of aromatic nitrogens is 2. The van der Waals surface area contributed by atoms with Gasteiger partial charge < -0.3 is 0 Å². The minimum absolute atomic E-state index is 0.121. The predicted octanol–water partition coefficient (Wildman–Crippen LogP) is 1.54. The third-order valence-corrected chi connectivity index (χ3v) is 2.13. The molecule has 66 valence electrons. The van der Waals surface area contributed by atoms with E-state index in [1.807, 2.05) is 32.0 Å². The number of hydrogen-bond donors (Lipinski definition) is 1. The second kappa shape index (κ2) is 2.69. The highest BCUT2D eigenvalue weighted by atomic mass is 16.1. The molecule has 0 unspecified atom stereocenters. The summed E-state index contributed by atoms with van der Waals surface area (Å²) in [5, 5.41) is 8.00. The Morgan fingerprint density at radius 3 is 2.77 bits per heavy atom. The molecule has 0 radical (unpaired) electrons. The summed E-state index contributed by atoms with van der Waals surface area (Å²) in [5.74, 6) is 0. The average Bonchev–Trinajstić information content (AvgIpc) is 2.12. The van der Waals surface area contributed by atoms with Crippen molar-refractivity contribution in [2.45, 2.75) is 13.8 Å². The van der Waals surface area contributed by atoms with Crippen molar-refractivity contribution < 1.29 is 0 Å². The molecule has 2 rings (SSSR count). The number of rotatable bonds is 0. The zero-order valence-electron chi connectivity index (χ0n) is 7.59. The van der Waals surface area contributed by atoms with Crippen molar-refractivity contribution in [3.63, 3.8) is 0 Å². The molecular weight excluding hydrogens is 164 g/mol. The number of fused-ring (bicyclic) bond motifs is 1. The molecule has 0 aliphatic rings. The van der Waals surface area contributed by atoms with Gasteiger partial charge in [0, 0.05) is 5.39 Å². The molecule has 0 amide bonds. The van der Waals surface area contributed by atoms with Crippen molar-refractivity contribution in [2.75, 3.05) is 0 Å². The topological polar surface area (TPSA) is 45.8 Å². The highest BCUT2D eigenvalue weighted by Gasteiger charge is 2.01. The maximum Gasteiger partial charge on any atom is 0.272 e. The number of hydrogen-bond acceptors (Lipinski definition) is 2. The van der Waals surface area contributed by atoms with Gasteiger partial charge in [-0.3, -0.25) is 4.79 Å². The van der Waals surface area contributed by atoms with Crippen LogP contribution < -0.4 is 5.56 Å². The van der Waals surface area contributed by atoms with E-state index in [2.05, 4.69) is 10.2 Å². The lowest BCUT2D eigenvalue weighted by Gasteiger charge is -2.00. The van der Waals surface area contributed by atoms with E-state index in [0.29, 0.717) is 5.39 Å². The van der Waals surface area contributed by atoms with Gasteiger partial charge in [0.25, 0.3) is 5.56 Å². The molecule has 1 N–H and O–H groups in total. The van der Waals surface area contributed by atoms with Gasteiger partial charge in [0.15, 0.2) is 0 Å². The van der Waals surface area contributed by atoms with Crippen LogP contribution in [-0.4, -0.2) is 10.2 Å². The van der Waals surface area contributed by atoms with Gasteiger partial charge in [-0.1, -0.05) is 17.7 Å². The Balaban J connectivity index is 3.01. The summed E-state index contributed by atoms with van der Waals surface area (Å²) in [7, 11) is 0. The predicted molar refractivity (Wildman–Crippen MR) is 51.8 cm³/mol. The maximum absolute atomic E-state index is 11.4. The van der Waals surface area contributed by atoms with Gasteiger partial charge in [-0.15, -0.1) is 0 Å². The molecule has 0 fully saturated rings. The van der Waals surface area contributed by atoms with Gasteiger partial charge in [0.05, 0.1) is 11.1 Å². The van der Waals surface area contributed by atoms with Gasteiger partial charge in [-0.25, -0.2) is 5.10 Å². The van der Waals surface area contributed by atoms with Gasteiger partial charge in [0.2, 0.25) is 0 Å². The first-order valence-corrected chi connectivity index (χ1v) is 4.14. The van der Waals surface area contributed by atoms with E-state index in [9.17, 15) is 4.79 Å². The summed E-state index contributed by atoms with van der Waals surface area (Å²) in [6.45, 7) is 3.85. The lowest BCUT2D eigenvalue weighted by atomic mass is 10.1. The SMILES string of the molecule is Cc1ccc2c(C)n[nH]c(=O)c2c1. The fraction of sp³-hybridized carbons (Fsp3) is 0.200. The smallest absolute Gasteiger partial charge is 0.267 e. The molecular formula is C10H10N2O. The first-order valence-electron chi connectivity index (χ1n) is 4.14. The van der Waals surface area contributed by atoms with Crippen molar-refractivity contribution in [1.82, 2.24) is 10.2 Å². The van der Waals surface area contributed by atoms with Gasteiger partial charge in [-0.05, 0) is 19.9 Å². The molecule has 0 aliphatic heterocycles. The number of H-pyrrole nitrogens is 1. The fourth-order valence-corrected chi connectivity index (χ4v) is 1.42. The van der Waals surface area contributed by atoms with E-state index >= 15 is 0 Å². The lowest BCUT2D eigenvalue weighted by Crippen LogP contribution is -2.09. The third-order valence-electron chi connectivity index (χ3n) is 2.13. The van der Waals surface area contributed by atoms with Crippen LogP contribution in [0, 0.1) is 13.8 Å². The number of nitrogens with zero attached hydrogens (tertiary/aromatic N) is 1. The van der Waals surface area contributed by atoms with Gasteiger partial charge >= 0.3 is 0 Å². The molecule has 1 heterocycles. The Labute approximate surface area is 75.4 Å². The molecule has 0 saturated carbocycles. The second-order valence-corrected chi connectivity index (χ2v) is 3.19. The fourth-order valence-electron chi connectivity index (χ4n) is 1.42. The Bertz CT molecular complexity index is 514. The number of aryl methyl sites for hydroxylation is 2. The lowest BCUT2D eigenvalue weighted by molar-refractivity contribution is 0.970. The number of aromatic amines is 1. The molecule has 0 spiro atoms. The van der Waals surface area contributed by atoms with Crippen LogP contribution in [0.25, 0.3) is 10.8 Å². The average molecular weight is 174 g/mol. The van der Waals surface area contributed by atoms with Crippen LogP contribution in [0.5, 0.6) is 0 Å². The summed E-state index contributed by atoms with van der Waals surface area (Å²) >= 11 is 0. The zero-order valence-corrected chi connectivity index (χ0v) is 7.59. The Hall–Kier alpha value is -1.64.